The van der Waals surface area contributed by atoms with Gasteiger partial charge < -0.3 is 9.80 Å². The molecule has 0 saturated carbocycles. The zero-order chi connectivity index (χ0) is 17.7. The van der Waals surface area contributed by atoms with E-state index in [1.807, 2.05) is 12.1 Å². The highest BCUT2D eigenvalue weighted by Gasteiger charge is 2.19. The number of anilines is 1. The monoisotopic (exact) mass is 424 g/mol. The molecule has 6 nitrogen and oxygen atoms in total. The molecule has 1 aliphatic rings. The van der Waals surface area contributed by atoms with Crippen molar-refractivity contribution in [2.45, 2.75) is 11.3 Å². The second kappa shape index (κ2) is 8.25. The molecule has 1 aliphatic heterocycles. The number of aromatic nitrogens is 2. The van der Waals surface area contributed by atoms with Gasteiger partial charge in [-0.1, -0.05) is 15.9 Å². The molecule has 1 aromatic carbocycles. The van der Waals surface area contributed by atoms with Crippen LogP contribution in [0.5, 0.6) is 0 Å². The Morgan fingerprint density at radius 2 is 1.84 bits per heavy atom. The predicted molar refractivity (Wildman–Crippen MR) is 101 cm³/mol. The third-order valence-corrected chi connectivity index (χ3v) is 6.56. The second-order valence-corrected chi connectivity index (χ2v) is 9.06. The van der Waals surface area contributed by atoms with Crippen LogP contribution in [0, 0.1) is 0 Å². The first-order valence-corrected chi connectivity index (χ1v) is 10.7. The Hall–Kier alpha value is -1.51. The Morgan fingerprint density at radius 3 is 2.56 bits per heavy atom. The first-order chi connectivity index (χ1) is 12.0. The van der Waals surface area contributed by atoms with E-state index >= 15 is 0 Å². The Kier molecular flexibility index (Phi) is 6.03. The quantitative estimate of drug-likeness (QED) is 0.732. The van der Waals surface area contributed by atoms with Crippen LogP contribution >= 0.6 is 15.9 Å². The highest BCUT2D eigenvalue weighted by Crippen LogP contribution is 2.17. The predicted octanol–water partition coefficient (Wildman–Crippen LogP) is 2.23. The summed E-state index contributed by atoms with van der Waals surface area (Å²) in [6.07, 6.45) is 2.65. The lowest BCUT2D eigenvalue weighted by Gasteiger charge is -2.22. The summed E-state index contributed by atoms with van der Waals surface area (Å²) < 4.78 is 25.9. The first kappa shape index (κ1) is 18.3. The van der Waals surface area contributed by atoms with Gasteiger partial charge in [0.05, 0.1) is 10.6 Å². The van der Waals surface area contributed by atoms with Gasteiger partial charge in [0, 0.05) is 36.8 Å². The van der Waals surface area contributed by atoms with E-state index in [1.54, 1.807) is 30.5 Å². The fourth-order valence-corrected chi connectivity index (χ4v) is 4.44. The van der Waals surface area contributed by atoms with E-state index in [4.69, 9.17) is 0 Å². The lowest BCUT2D eigenvalue weighted by molar-refractivity contribution is 0.310. The average molecular weight is 425 g/mol. The maximum atomic E-state index is 12.5. The summed E-state index contributed by atoms with van der Waals surface area (Å²) in [5.74, 6) is 1.02. The number of benzene rings is 1. The van der Waals surface area contributed by atoms with Crippen molar-refractivity contribution in [2.75, 3.05) is 43.4 Å². The van der Waals surface area contributed by atoms with Crippen molar-refractivity contribution in [1.82, 2.24) is 15.1 Å². The molecule has 2 heterocycles. The van der Waals surface area contributed by atoms with Gasteiger partial charge in [-0.25, -0.2) is 8.42 Å². The number of hydrogen-bond acceptors (Lipinski definition) is 6. The molecule has 0 bridgehead atoms. The third-order valence-electron chi connectivity index (χ3n) is 4.32. The molecule has 0 N–H and O–H groups in total. The van der Waals surface area contributed by atoms with E-state index in [1.165, 1.54) is 0 Å². The Balaban J connectivity index is 1.56. The van der Waals surface area contributed by atoms with E-state index in [9.17, 15) is 8.42 Å². The number of nitrogens with zero attached hydrogens (tertiary/aromatic N) is 4. The number of halogens is 1. The lowest BCUT2D eigenvalue weighted by atomic mass is 10.4. The van der Waals surface area contributed by atoms with E-state index in [2.05, 4.69) is 35.9 Å². The van der Waals surface area contributed by atoms with E-state index in [-0.39, 0.29) is 5.75 Å². The Bertz CT molecular complexity index is 784. The molecule has 0 atom stereocenters. The third kappa shape index (κ3) is 4.99. The summed E-state index contributed by atoms with van der Waals surface area (Å²) in [4.78, 5) is 4.80. The molecule has 1 aromatic heterocycles. The minimum Gasteiger partial charge on any atom is -0.354 e. The molecule has 0 aliphatic carbocycles. The fourth-order valence-electron chi connectivity index (χ4n) is 2.89. The maximum Gasteiger partial charge on any atom is 0.179 e. The summed E-state index contributed by atoms with van der Waals surface area (Å²) in [5.41, 5.74) is 0. The van der Waals surface area contributed by atoms with E-state index in [0.717, 1.165) is 42.9 Å². The van der Waals surface area contributed by atoms with Crippen LogP contribution in [-0.2, 0) is 9.84 Å². The van der Waals surface area contributed by atoms with Crippen molar-refractivity contribution >= 4 is 31.6 Å². The molecule has 1 saturated heterocycles. The second-order valence-electron chi connectivity index (χ2n) is 6.04. The van der Waals surface area contributed by atoms with Gasteiger partial charge in [-0.2, -0.15) is 5.10 Å². The molecule has 2 aromatic rings. The summed E-state index contributed by atoms with van der Waals surface area (Å²) in [7, 11) is -3.25. The van der Waals surface area contributed by atoms with Gasteiger partial charge in [0.2, 0.25) is 0 Å². The number of sulfone groups is 1. The van der Waals surface area contributed by atoms with Crippen molar-refractivity contribution in [3.63, 3.8) is 0 Å². The SMILES string of the molecule is O=S(=O)(CCN1CCCN(c2cccnn2)CC1)c1ccc(Br)cc1. The number of hydrogen-bond donors (Lipinski definition) is 0. The van der Waals surface area contributed by atoms with Crippen LogP contribution in [0.3, 0.4) is 0 Å². The van der Waals surface area contributed by atoms with Crippen LogP contribution in [0.4, 0.5) is 5.82 Å². The summed E-state index contributed by atoms with van der Waals surface area (Å²) >= 11 is 3.33. The van der Waals surface area contributed by atoms with Crippen molar-refractivity contribution in [3.05, 3.63) is 47.1 Å². The zero-order valence-corrected chi connectivity index (χ0v) is 16.3. The molecule has 0 unspecified atom stereocenters. The summed E-state index contributed by atoms with van der Waals surface area (Å²) in [6.45, 7) is 4.01. The van der Waals surface area contributed by atoms with Crippen molar-refractivity contribution in [2.24, 2.45) is 0 Å². The van der Waals surface area contributed by atoms with Crippen LogP contribution in [0.25, 0.3) is 0 Å². The number of rotatable bonds is 5. The van der Waals surface area contributed by atoms with Gasteiger partial charge in [-0.15, -0.1) is 5.10 Å². The van der Waals surface area contributed by atoms with Gasteiger partial charge in [0.15, 0.2) is 15.7 Å². The normalized spacial score (nSPS) is 16.6. The molecule has 0 amide bonds. The van der Waals surface area contributed by atoms with Gasteiger partial charge in [-0.3, -0.25) is 0 Å². The van der Waals surface area contributed by atoms with E-state index in [0.29, 0.717) is 11.4 Å². The molecule has 25 heavy (non-hydrogen) atoms. The van der Waals surface area contributed by atoms with Crippen LogP contribution in [0.15, 0.2) is 52.0 Å². The molecule has 0 spiro atoms. The lowest BCUT2D eigenvalue weighted by Crippen LogP contribution is -2.34. The largest absolute Gasteiger partial charge is 0.354 e. The summed E-state index contributed by atoms with van der Waals surface area (Å²) in [6, 6.07) is 10.7. The Labute approximate surface area is 156 Å². The standard InChI is InChI=1S/C17H21BrN4O2S/c18-15-4-6-16(7-5-15)25(23,24)14-13-21-9-2-10-22(12-11-21)17-3-1-8-19-20-17/h1,3-8H,2,9-14H2. The van der Waals surface area contributed by atoms with Gasteiger partial charge in [0.1, 0.15) is 0 Å². The first-order valence-electron chi connectivity index (χ1n) is 8.28. The Morgan fingerprint density at radius 1 is 1.04 bits per heavy atom. The van der Waals surface area contributed by atoms with Crippen LogP contribution in [-0.4, -0.2) is 62.0 Å². The van der Waals surface area contributed by atoms with Crippen molar-refractivity contribution in [3.8, 4) is 0 Å². The molecule has 3 rings (SSSR count). The molecule has 8 heteroatoms. The zero-order valence-electron chi connectivity index (χ0n) is 13.9. The molecule has 1 fully saturated rings. The average Bonchev–Trinajstić information content (AvgIpc) is 2.87. The highest BCUT2D eigenvalue weighted by atomic mass is 79.9. The van der Waals surface area contributed by atoms with Crippen molar-refractivity contribution < 1.29 is 8.42 Å². The topological polar surface area (TPSA) is 66.4 Å². The van der Waals surface area contributed by atoms with Crippen LogP contribution < -0.4 is 4.90 Å². The minimum absolute atomic E-state index is 0.139. The molecular formula is C17H21BrN4O2S. The molecule has 0 radical (unpaired) electrons. The summed E-state index contributed by atoms with van der Waals surface area (Å²) in [5, 5.41) is 8.09. The minimum atomic E-state index is -3.25. The molecular weight excluding hydrogens is 404 g/mol. The van der Waals surface area contributed by atoms with Gasteiger partial charge in [-0.05, 0) is 49.4 Å². The smallest absolute Gasteiger partial charge is 0.179 e. The van der Waals surface area contributed by atoms with Gasteiger partial charge in [0.25, 0.3) is 0 Å². The van der Waals surface area contributed by atoms with Crippen LogP contribution in [0.1, 0.15) is 6.42 Å². The molecule has 134 valence electrons. The maximum absolute atomic E-state index is 12.5. The van der Waals surface area contributed by atoms with Crippen molar-refractivity contribution in [1.29, 1.82) is 0 Å². The van der Waals surface area contributed by atoms with E-state index < -0.39 is 9.84 Å². The van der Waals surface area contributed by atoms with Gasteiger partial charge >= 0.3 is 0 Å². The fraction of sp³-hybridized carbons (Fsp3) is 0.412. The van der Waals surface area contributed by atoms with Crippen LogP contribution in [0.2, 0.25) is 0 Å². The highest BCUT2D eigenvalue weighted by molar-refractivity contribution is 9.10.